The molecule has 0 aliphatic carbocycles. The number of esters is 1. The van der Waals surface area contributed by atoms with Crippen molar-refractivity contribution in [1.29, 1.82) is 0 Å². The summed E-state index contributed by atoms with van der Waals surface area (Å²) in [5.41, 5.74) is 0. The van der Waals surface area contributed by atoms with E-state index in [1.54, 1.807) is 13.0 Å². The molecule has 6 heteroatoms. The van der Waals surface area contributed by atoms with Gasteiger partial charge in [-0.15, -0.1) is 0 Å². The Kier molecular flexibility index (Phi) is 6.98. The van der Waals surface area contributed by atoms with E-state index in [0.717, 1.165) is 5.75 Å². The average molecular weight is 235 g/mol. The fourth-order valence-corrected chi connectivity index (χ4v) is 1.30. The Morgan fingerprint density at radius 2 is 2.07 bits per heavy atom. The normalized spacial score (nSPS) is 11.9. The van der Waals surface area contributed by atoms with Crippen molar-refractivity contribution >= 4 is 16.1 Å². The summed E-state index contributed by atoms with van der Waals surface area (Å²) >= 11 is 0. The minimum atomic E-state index is -3.98. The maximum atomic E-state index is 10.8. The molecule has 0 fully saturated rings. The lowest BCUT2D eigenvalue weighted by molar-refractivity contribution is -0.137. The van der Waals surface area contributed by atoms with E-state index in [2.05, 4.69) is 0 Å². The number of hydrogen-bond donors (Lipinski definition) is 1. The SMILES string of the molecule is CC=CC(=O)OCCCC[CH]S(=O)(=O)O. The third kappa shape index (κ3) is 11.0. The van der Waals surface area contributed by atoms with Gasteiger partial charge < -0.3 is 4.74 Å². The zero-order valence-electron chi connectivity index (χ0n) is 8.55. The first-order valence-electron chi connectivity index (χ1n) is 4.56. The van der Waals surface area contributed by atoms with Gasteiger partial charge in [-0.3, -0.25) is 4.55 Å². The van der Waals surface area contributed by atoms with Gasteiger partial charge in [0, 0.05) is 6.08 Å². The average Bonchev–Trinajstić information content (AvgIpc) is 2.09. The summed E-state index contributed by atoms with van der Waals surface area (Å²) in [5, 5.41) is 0. The van der Waals surface area contributed by atoms with Crippen molar-refractivity contribution in [3.05, 3.63) is 17.9 Å². The number of carbonyl (C=O) groups excluding carboxylic acids is 1. The second-order valence-electron chi connectivity index (χ2n) is 2.84. The van der Waals surface area contributed by atoms with Gasteiger partial charge in [-0.1, -0.05) is 6.08 Å². The summed E-state index contributed by atoms with van der Waals surface area (Å²) in [4.78, 5) is 10.8. The number of hydrogen-bond acceptors (Lipinski definition) is 4. The molecule has 1 radical (unpaired) electrons. The first-order chi connectivity index (χ1) is 6.95. The molecule has 0 bridgehead atoms. The molecule has 0 aliphatic heterocycles. The van der Waals surface area contributed by atoms with E-state index in [1.807, 2.05) is 0 Å². The zero-order chi connectivity index (χ0) is 11.7. The molecule has 1 N–H and O–H groups in total. The Morgan fingerprint density at radius 1 is 1.40 bits per heavy atom. The molecule has 0 aromatic rings. The van der Waals surface area contributed by atoms with Crippen LogP contribution in [0.1, 0.15) is 26.2 Å². The molecular weight excluding hydrogens is 220 g/mol. The summed E-state index contributed by atoms with van der Waals surface area (Å²) in [6.45, 7) is 1.96. The van der Waals surface area contributed by atoms with Crippen molar-refractivity contribution < 1.29 is 22.5 Å². The van der Waals surface area contributed by atoms with Crippen LogP contribution in [-0.4, -0.2) is 25.5 Å². The largest absolute Gasteiger partial charge is 0.463 e. The second-order valence-corrected chi connectivity index (χ2v) is 4.21. The summed E-state index contributed by atoms with van der Waals surface area (Å²) in [6, 6.07) is 0. The van der Waals surface area contributed by atoms with Crippen LogP contribution in [0.25, 0.3) is 0 Å². The van der Waals surface area contributed by atoms with Gasteiger partial charge in [0.05, 0.1) is 6.61 Å². The van der Waals surface area contributed by atoms with E-state index in [4.69, 9.17) is 9.29 Å². The van der Waals surface area contributed by atoms with Crippen LogP contribution in [0.5, 0.6) is 0 Å². The number of ether oxygens (including phenoxy) is 1. The highest BCUT2D eigenvalue weighted by molar-refractivity contribution is 7.87. The number of allylic oxidation sites excluding steroid dienone is 1. The third-order valence-corrected chi connectivity index (χ3v) is 2.13. The van der Waals surface area contributed by atoms with Gasteiger partial charge in [0.2, 0.25) is 0 Å². The van der Waals surface area contributed by atoms with Gasteiger partial charge in [0.15, 0.2) is 0 Å². The van der Waals surface area contributed by atoms with E-state index >= 15 is 0 Å². The van der Waals surface area contributed by atoms with E-state index in [1.165, 1.54) is 6.08 Å². The fraction of sp³-hybridized carbons (Fsp3) is 0.556. The molecule has 0 unspecified atom stereocenters. The van der Waals surface area contributed by atoms with Crippen LogP contribution in [0.15, 0.2) is 12.2 Å². The predicted molar refractivity (Wildman–Crippen MR) is 55.5 cm³/mol. The van der Waals surface area contributed by atoms with Crippen LogP contribution in [-0.2, 0) is 19.6 Å². The molecule has 0 aliphatic rings. The molecular formula is C9H15O5S. The molecule has 0 amide bonds. The van der Waals surface area contributed by atoms with E-state index in [0.29, 0.717) is 12.8 Å². The molecule has 15 heavy (non-hydrogen) atoms. The zero-order valence-corrected chi connectivity index (χ0v) is 9.37. The van der Waals surface area contributed by atoms with Gasteiger partial charge in [-0.05, 0) is 26.2 Å². The molecule has 0 atom stereocenters. The molecule has 5 nitrogen and oxygen atoms in total. The van der Waals surface area contributed by atoms with Gasteiger partial charge in [0.1, 0.15) is 5.75 Å². The van der Waals surface area contributed by atoms with Gasteiger partial charge in [-0.2, -0.15) is 8.42 Å². The first kappa shape index (κ1) is 14.1. The first-order valence-corrected chi connectivity index (χ1v) is 6.06. The molecule has 0 rings (SSSR count). The Labute approximate surface area is 89.9 Å². The summed E-state index contributed by atoms with van der Waals surface area (Å²) in [5.74, 6) is 0.428. The van der Waals surface area contributed by atoms with Crippen molar-refractivity contribution in [2.45, 2.75) is 26.2 Å². The maximum absolute atomic E-state index is 10.8. The van der Waals surface area contributed by atoms with Crippen LogP contribution in [0.3, 0.4) is 0 Å². The van der Waals surface area contributed by atoms with Gasteiger partial charge >= 0.3 is 5.97 Å². The highest BCUT2D eigenvalue weighted by atomic mass is 32.2. The number of carbonyl (C=O) groups is 1. The summed E-state index contributed by atoms with van der Waals surface area (Å²) < 4.78 is 33.6. The standard InChI is InChI=1S/C9H15O5S/c1-2-6-9(10)14-7-4-3-5-8-15(11,12)13/h2,6,8H,3-5,7H2,1H3,(H,11,12,13). The Bertz CT molecular complexity index is 304. The smallest absolute Gasteiger partial charge is 0.330 e. The highest BCUT2D eigenvalue weighted by Gasteiger charge is 2.04. The predicted octanol–water partition coefficient (Wildman–Crippen LogP) is 1.33. The van der Waals surface area contributed by atoms with Gasteiger partial charge in [-0.25, -0.2) is 4.79 Å². The van der Waals surface area contributed by atoms with Crippen LogP contribution in [0, 0.1) is 5.75 Å². The quantitative estimate of drug-likeness (QED) is 0.311. The molecule has 0 heterocycles. The Balaban J connectivity index is 3.37. The third-order valence-electron chi connectivity index (χ3n) is 1.47. The molecule has 0 aromatic carbocycles. The lowest BCUT2D eigenvalue weighted by Gasteiger charge is -2.01. The van der Waals surface area contributed by atoms with Crippen molar-refractivity contribution in [3.8, 4) is 0 Å². The summed E-state index contributed by atoms with van der Waals surface area (Å²) in [7, 11) is -3.98. The fourth-order valence-electron chi connectivity index (χ4n) is 0.836. The summed E-state index contributed by atoms with van der Waals surface area (Å²) in [6.07, 6.45) is 4.25. The van der Waals surface area contributed by atoms with Crippen molar-refractivity contribution in [2.75, 3.05) is 6.61 Å². The van der Waals surface area contributed by atoms with Crippen LogP contribution in [0.4, 0.5) is 0 Å². The monoisotopic (exact) mass is 235 g/mol. The molecule has 0 spiro atoms. The van der Waals surface area contributed by atoms with Crippen LogP contribution >= 0.6 is 0 Å². The maximum Gasteiger partial charge on any atom is 0.330 e. The lowest BCUT2D eigenvalue weighted by Crippen LogP contribution is -2.03. The Morgan fingerprint density at radius 3 is 2.60 bits per heavy atom. The number of unbranched alkanes of at least 4 members (excludes halogenated alkanes) is 2. The Hall–Kier alpha value is -0.880. The minimum Gasteiger partial charge on any atom is -0.463 e. The minimum absolute atomic E-state index is 0.250. The van der Waals surface area contributed by atoms with E-state index in [-0.39, 0.29) is 13.0 Å². The van der Waals surface area contributed by atoms with Crippen LogP contribution < -0.4 is 0 Å². The van der Waals surface area contributed by atoms with Crippen molar-refractivity contribution in [2.24, 2.45) is 0 Å². The van der Waals surface area contributed by atoms with Crippen molar-refractivity contribution in [1.82, 2.24) is 0 Å². The second kappa shape index (κ2) is 7.42. The van der Waals surface area contributed by atoms with Crippen LogP contribution in [0.2, 0.25) is 0 Å². The van der Waals surface area contributed by atoms with E-state index in [9.17, 15) is 13.2 Å². The molecule has 0 aromatic heterocycles. The van der Waals surface area contributed by atoms with Crippen molar-refractivity contribution in [3.63, 3.8) is 0 Å². The molecule has 87 valence electrons. The van der Waals surface area contributed by atoms with E-state index < -0.39 is 16.1 Å². The lowest BCUT2D eigenvalue weighted by atomic mass is 10.3. The topological polar surface area (TPSA) is 80.7 Å². The number of rotatable bonds is 7. The molecule has 0 saturated carbocycles. The van der Waals surface area contributed by atoms with Gasteiger partial charge in [0.25, 0.3) is 10.1 Å². The highest BCUT2D eigenvalue weighted by Crippen LogP contribution is 2.03. The molecule has 0 saturated heterocycles.